The molecule has 112 valence electrons. The molecule has 0 bridgehead atoms. The predicted molar refractivity (Wildman–Crippen MR) is 82.9 cm³/mol. The van der Waals surface area contributed by atoms with E-state index in [0.29, 0.717) is 0 Å². The molecule has 0 aromatic carbocycles. The molecule has 2 aromatic rings. The van der Waals surface area contributed by atoms with Crippen molar-refractivity contribution in [1.29, 1.82) is 0 Å². The van der Waals surface area contributed by atoms with Gasteiger partial charge in [0.15, 0.2) is 0 Å². The summed E-state index contributed by atoms with van der Waals surface area (Å²) in [6, 6.07) is 10.5. The van der Waals surface area contributed by atoms with Gasteiger partial charge in [-0.2, -0.15) is 0 Å². The predicted octanol–water partition coefficient (Wildman–Crippen LogP) is 2.61. The summed E-state index contributed by atoms with van der Waals surface area (Å²) in [5.74, 6) is 0. The van der Waals surface area contributed by atoms with Gasteiger partial charge in [-0.3, -0.25) is 9.88 Å². The molecule has 3 rings (SSSR count). The number of rotatable bonds is 4. The van der Waals surface area contributed by atoms with Crippen LogP contribution in [0.3, 0.4) is 0 Å². The highest BCUT2D eigenvalue weighted by atomic mass is 16.5. The fraction of sp³-hybridized carbons (Fsp3) is 0.471. The van der Waals surface area contributed by atoms with Gasteiger partial charge < -0.3 is 9.30 Å². The van der Waals surface area contributed by atoms with Crippen molar-refractivity contribution in [2.45, 2.75) is 39.6 Å². The molecule has 1 aliphatic rings. The average molecular weight is 285 g/mol. The molecule has 1 aliphatic heterocycles. The van der Waals surface area contributed by atoms with Gasteiger partial charge >= 0.3 is 0 Å². The standard InChI is InChI=1S/C17H23N3O/c1-3-21-17-12-19(10-15-7-4-6-14(2)18-15)11-16-8-5-9-20(16)13-17/h4-9,17H,3,10-13H2,1-2H3/t17-/m0/s1. The molecule has 0 saturated heterocycles. The second kappa shape index (κ2) is 6.41. The zero-order chi connectivity index (χ0) is 14.7. The highest BCUT2D eigenvalue weighted by Crippen LogP contribution is 2.17. The molecule has 0 radical (unpaired) electrons. The molecule has 1 atom stereocenters. The summed E-state index contributed by atoms with van der Waals surface area (Å²) in [7, 11) is 0. The Morgan fingerprint density at radius 1 is 1.24 bits per heavy atom. The van der Waals surface area contributed by atoms with Crippen LogP contribution < -0.4 is 0 Å². The molecule has 0 saturated carbocycles. The molecule has 3 heterocycles. The lowest BCUT2D eigenvalue weighted by molar-refractivity contribution is 0.0265. The van der Waals surface area contributed by atoms with Gasteiger partial charge in [-0.05, 0) is 38.1 Å². The third-order valence-electron chi connectivity index (χ3n) is 3.91. The fourth-order valence-corrected chi connectivity index (χ4v) is 3.01. The third-order valence-corrected chi connectivity index (χ3v) is 3.91. The van der Waals surface area contributed by atoms with E-state index in [1.54, 1.807) is 0 Å². The summed E-state index contributed by atoms with van der Waals surface area (Å²) in [5.41, 5.74) is 3.56. The first-order valence-corrected chi connectivity index (χ1v) is 7.65. The SMILES string of the molecule is CCO[C@H]1CN(Cc2cccc(C)n2)Cc2cccn2C1. The minimum absolute atomic E-state index is 0.244. The molecule has 0 N–H and O–H groups in total. The Kier molecular flexibility index (Phi) is 4.36. The number of pyridine rings is 1. The van der Waals surface area contributed by atoms with E-state index in [4.69, 9.17) is 4.74 Å². The summed E-state index contributed by atoms with van der Waals surface area (Å²) in [4.78, 5) is 7.05. The van der Waals surface area contributed by atoms with Crippen LogP contribution >= 0.6 is 0 Å². The van der Waals surface area contributed by atoms with Crippen molar-refractivity contribution in [3.63, 3.8) is 0 Å². The van der Waals surface area contributed by atoms with Gasteiger partial charge in [0.2, 0.25) is 0 Å². The Morgan fingerprint density at radius 2 is 2.14 bits per heavy atom. The van der Waals surface area contributed by atoms with Crippen LogP contribution in [-0.2, 0) is 24.4 Å². The Bertz CT molecular complexity index is 593. The number of hydrogen-bond donors (Lipinski definition) is 0. The van der Waals surface area contributed by atoms with Gasteiger partial charge in [0.1, 0.15) is 0 Å². The second-order valence-corrected chi connectivity index (χ2v) is 5.67. The Morgan fingerprint density at radius 3 is 2.95 bits per heavy atom. The fourth-order valence-electron chi connectivity index (χ4n) is 3.01. The maximum Gasteiger partial charge on any atom is 0.0880 e. The van der Waals surface area contributed by atoms with Gasteiger partial charge in [-0.15, -0.1) is 0 Å². The molecule has 0 unspecified atom stereocenters. The topological polar surface area (TPSA) is 30.3 Å². The zero-order valence-electron chi connectivity index (χ0n) is 12.8. The Labute approximate surface area is 126 Å². The minimum Gasteiger partial charge on any atom is -0.375 e. The summed E-state index contributed by atoms with van der Waals surface area (Å²) in [5, 5.41) is 0. The lowest BCUT2D eigenvalue weighted by Gasteiger charge is -2.23. The van der Waals surface area contributed by atoms with Crippen LogP contribution in [0.5, 0.6) is 0 Å². The van der Waals surface area contributed by atoms with E-state index in [2.05, 4.69) is 51.8 Å². The first-order valence-electron chi connectivity index (χ1n) is 7.65. The number of ether oxygens (including phenoxy) is 1. The van der Waals surface area contributed by atoms with Gasteiger partial charge in [-0.1, -0.05) is 6.07 Å². The number of hydrogen-bond acceptors (Lipinski definition) is 3. The smallest absolute Gasteiger partial charge is 0.0880 e. The number of fused-ring (bicyclic) bond motifs is 1. The molecular formula is C17H23N3O. The van der Waals surface area contributed by atoms with Crippen LogP contribution in [0.15, 0.2) is 36.5 Å². The van der Waals surface area contributed by atoms with E-state index in [0.717, 1.165) is 44.2 Å². The van der Waals surface area contributed by atoms with E-state index < -0.39 is 0 Å². The first kappa shape index (κ1) is 14.3. The van der Waals surface area contributed by atoms with Crippen molar-refractivity contribution >= 4 is 0 Å². The van der Waals surface area contributed by atoms with Gasteiger partial charge in [-0.25, -0.2) is 0 Å². The normalized spacial score (nSPS) is 19.2. The lowest BCUT2D eigenvalue weighted by Crippen LogP contribution is -2.32. The molecule has 4 heteroatoms. The lowest BCUT2D eigenvalue weighted by atomic mass is 10.2. The van der Waals surface area contributed by atoms with Crippen molar-refractivity contribution < 1.29 is 4.74 Å². The van der Waals surface area contributed by atoms with Crippen LogP contribution in [0, 0.1) is 6.92 Å². The van der Waals surface area contributed by atoms with Crippen molar-refractivity contribution in [2.75, 3.05) is 13.2 Å². The van der Waals surface area contributed by atoms with Crippen molar-refractivity contribution in [3.8, 4) is 0 Å². The largest absolute Gasteiger partial charge is 0.375 e. The molecule has 21 heavy (non-hydrogen) atoms. The highest BCUT2D eigenvalue weighted by molar-refractivity contribution is 5.12. The summed E-state index contributed by atoms with van der Waals surface area (Å²) >= 11 is 0. The molecule has 0 amide bonds. The van der Waals surface area contributed by atoms with Crippen LogP contribution in [0.4, 0.5) is 0 Å². The van der Waals surface area contributed by atoms with Crippen LogP contribution in [0.2, 0.25) is 0 Å². The van der Waals surface area contributed by atoms with Crippen molar-refractivity contribution in [2.24, 2.45) is 0 Å². The van der Waals surface area contributed by atoms with E-state index in [9.17, 15) is 0 Å². The maximum absolute atomic E-state index is 5.90. The van der Waals surface area contributed by atoms with Gasteiger partial charge in [0, 0.05) is 50.4 Å². The van der Waals surface area contributed by atoms with Gasteiger partial charge in [0.05, 0.1) is 11.8 Å². The monoisotopic (exact) mass is 285 g/mol. The van der Waals surface area contributed by atoms with Crippen LogP contribution in [0.25, 0.3) is 0 Å². The zero-order valence-corrected chi connectivity index (χ0v) is 12.8. The Balaban J connectivity index is 1.77. The maximum atomic E-state index is 5.90. The average Bonchev–Trinajstić information content (AvgIpc) is 2.79. The first-order chi connectivity index (χ1) is 10.2. The highest BCUT2D eigenvalue weighted by Gasteiger charge is 2.22. The van der Waals surface area contributed by atoms with Gasteiger partial charge in [0.25, 0.3) is 0 Å². The number of aromatic nitrogens is 2. The Hall–Kier alpha value is -1.65. The van der Waals surface area contributed by atoms with E-state index in [-0.39, 0.29) is 6.10 Å². The van der Waals surface area contributed by atoms with E-state index in [1.807, 2.05) is 13.0 Å². The second-order valence-electron chi connectivity index (χ2n) is 5.67. The van der Waals surface area contributed by atoms with Crippen molar-refractivity contribution in [3.05, 3.63) is 53.6 Å². The third kappa shape index (κ3) is 3.52. The number of aryl methyl sites for hydroxylation is 1. The molecule has 0 fully saturated rings. The molecule has 4 nitrogen and oxygen atoms in total. The van der Waals surface area contributed by atoms with Crippen LogP contribution in [-0.4, -0.2) is 33.7 Å². The quantitative estimate of drug-likeness (QED) is 0.865. The summed E-state index contributed by atoms with van der Waals surface area (Å²) in [6.45, 7) is 8.58. The summed E-state index contributed by atoms with van der Waals surface area (Å²) < 4.78 is 8.21. The minimum atomic E-state index is 0.244. The van der Waals surface area contributed by atoms with E-state index in [1.165, 1.54) is 5.69 Å². The number of nitrogens with zero attached hydrogens (tertiary/aromatic N) is 3. The molecule has 2 aromatic heterocycles. The molecule has 0 spiro atoms. The summed E-state index contributed by atoms with van der Waals surface area (Å²) in [6.07, 6.45) is 2.39. The molecular weight excluding hydrogens is 262 g/mol. The van der Waals surface area contributed by atoms with Crippen molar-refractivity contribution in [1.82, 2.24) is 14.5 Å². The van der Waals surface area contributed by atoms with E-state index >= 15 is 0 Å². The molecule has 0 aliphatic carbocycles. The van der Waals surface area contributed by atoms with Crippen LogP contribution in [0.1, 0.15) is 24.0 Å².